The lowest BCUT2D eigenvalue weighted by Gasteiger charge is -2.07. The Morgan fingerprint density at radius 2 is 1.81 bits per heavy atom. The number of carbonyl (C=O) groups excluding carboxylic acids is 2. The van der Waals surface area contributed by atoms with E-state index in [4.69, 9.17) is 4.74 Å². The number of ether oxygens (including phenoxy) is 1. The summed E-state index contributed by atoms with van der Waals surface area (Å²) in [5, 5.41) is 14.3. The Morgan fingerprint density at radius 3 is 2.62 bits per heavy atom. The molecule has 2 aromatic carbocycles. The summed E-state index contributed by atoms with van der Waals surface area (Å²) in [5.41, 5.74) is 1.82. The summed E-state index contributed by atoms with van der Waals surface area (Å²) in [7, 11) is 0. The minimum Gasteiger partial charge on any atom is -0.486 e. The molecule has 2 N–H and O–H groups in total. The minimum atomic E-state index is -0.402. The largest absolute Gasteiger partial charge is 0.486 e. The van der Waals surface area contributed by atoms with E-state index in [1.54, 1.807) is 36.7 Å². The summed E-state index contributed by atoms with van der Waals surface area (Å²) in [5.74, 6) is 0.0647. The van der Waals surface area contributed by atoms with Crippen LogP contribution in [0.1, 0.15) is 30.7 Å². The van der Waals surface area contributed by atoms with Crippen LogP contribution in [0.5, 0.6) is 5.75 Å². The van der Waals surface area contributed by atoms with E-state index in [9.17, 15) is 9.59 Å². The SMILES string of the molecule is O=C(NCc1cccnc1)c1cccc(NC(=O)c2nnc(COc3ccccc3)s2)c1. The lowest BCUT2D eigenvalue weighted by molar-refractivity contribution is 0.0949. The summed E-state index contributed by atoms with van der Waals surface area (Å²) >= 11 is 1.15. The summed E-state index contributed by atoms with van der Waals surface area (Å²) in [6, 6.07) is 19.7. The van der Waals surface area contributed by atoms with E-state index in [0.717, 1.165) is 16.9 Å². The van der Waals surface area contributed by atoms with Crippen molar-refractivity contribution in [3.05, 3.63) is 100 Å². The molecule has 32 heavy (non-hydrogen) atoms. The minimum absolute atomic E-state index is 0.211. The van der Waals surface area contributed by atoms with Crippen molar-refractivity contribution in [3.8, 4) is 5.75 Å². The Kier molecular flexibility index (Phi) is 6.78. The molecule has 2 heterocycles. The molecule has 0 radical (unpaired) electrons. The molecular formula is C23H19N5O3S. The third-order valence-corrected chi connectivity index (χ3v) is 5.22. The van der Waals surface area contributed by atoms with Crippen LogP contribution in [-0.2, 0) is 13.2 Å². The first-order valence-corrected chi connectivity index (χ1v) is 10.6. The number of aromatic nitrogens is 3. The topological polar surface area (TPSA) is 106 Å². The lowest BCUT2D eigenvalue weighted by Crippen LogP contribution is -2.23. The molecule has 0 spiro atoms. The van der Waals surface area contributed by atoms with Crippen LogP contribution >= 0.6 is 11.3 Å². The molecule has 0 unspecified atom stereocenters. The molecule has 0 saturated heterocycles. The molecule has 2 amide bonds. The molecule has 0 fully saturated rings. The van der Waals surface area contributed by atoms with Crippen molar-refractivity contribution < 1.29 is 14.3 Å². The van der Waals surface area contributed by atoms with E-state index in [-0.39, 0.29) is 17.5 Å². The number of hydrogen-bond acceptors (Lipinski definition) is 7. The highest BCUT2D eigenvalue weighted by molar-refractivity contribution is 7.13. The number of nitrogens with one attached hydrogen (secondary N) is 2. The number of hydrogen-bond donors (Lipinski definition) is 2. The molecule has 0 aliphatic heterocycles. The van der Waals surface area contributed by atoms with Gasteiger partial charge in [0.1, 0.15) is 12.4 Å². The predicted molar refractivity (Wildman–Crippen MR) is 120 cm³/mol. The van der Waals surface area contributed by atoms with Crippen molar-refractivity contribution in [2.24, 2.45) is 0 Å². The van der Waals surface area contributed by atoms with Gasteiger partial charge in [0.25, 0.3) is 11.8 Å². The first-order valence-electron chi connectivity index (χ1n) is 9.76. The number of para-hydroxylation sites is 1. The molecule has 0 aliphatic rings. The van der Waals surface area contributed by atoms with E-state index in [0.29, 0.717) is 28.6 Å². The van der Waals surface area contributed by atoms with Crippen LogP contribution < -0.4 is 15.4 Å². The third-order valence-electron chi connectivity index (χ3n) is 4.33. The number of pyridine rings is 1. The van der Waals surface area contributed by atoms with E-state index in [1.165, 1.54) is 0 Å². The van der Waals surface area contributed by atoms with Crippen molar-refractivity contribution >= 4 is 28.8 Å². The smallest absolute Gasteiger partial charge is 0.286 e. The Bertz CT molecular complexity index is 1200. The normalized spacial score (nSPS) is 10.4. The summed E-state index contributed by atoms with van der Waals surface area (Å²) < 4.78 is 5.63. The predicted octanol–water partition coefficient (Wildman–Crippen LogP) is 3.69. The second kappa shape index (κ2) is 10.3. The van der Waals surface area contributed by atoms with Gasteiger partial charge in [-0.3, -0.25) is 14.6 Å². The van der Waals surface area contributed by atoms with Crippen LogP contribution in [0, 0.1) is 0 Å². The molecule has 4 rings (SSSR count). The third kappa shape index (κ3) is 5.73. The molecular weight excluding hydrogens is 426 g/mol. The van der Waals surface area contributed by atoms with Gasteiger partial charge in [-0.15, -0.1) is 10.2 Å². The second-order valence-corrected chi connectivity index (χ2v) is 7.74. The summed E-state index contributed by atoms with van der Waals surface area (Å²) in [4.78, 5) is 29.0. The van der Waals surface area contributed by atoms with Crippen molar-refractivity contribution in [2.75, 3.05) is 5.32 Å². The maximum atomic E-state index is 12.5. The van der Waals surface area contributed by atoms with E-state index in [2.05, 4.69) is 25.8 Å². The van der Waals surface area contributed by atoms with Gasteiger partial charge < -0.3 is 15.4 Å². The van der Waals surface area contributed by atoms with Crippen molar-refractivity contribution in [3.63, 3.8) is 0 Å². The van der Waals surface area contributed by atoms with Gasteiger partial charge in [0.15, 0.2) is 5.01 Å². The highest BCUT2D eigenvalue weighted by Gasteiger charge is 2.14. The zero-order valence-electron chi connectivity index (χ0n) is 16.9. The Morgan fingerprint density at radius 1 is 0.938 bits per heavy atom. The van der Waals surface area contributed by atoms with Gasteiger partial charge in [-0.05, 0) is 42.0 Å². The fraction of sp³-hybridized carbons (Fsp3) is 0.0870. The number of rotatable bonds is 8. The van der Waals surface area contributed by atoms with Crippen LogP contribution in [0.25, 0.3) is 0 Å². The molecule has 0 bridgehead atoms. The maximum absolute atomic E-state index is 12.5. The summed E-state index contributed by atoms with van der Waals surface area (Å²) in [6.45, 7) is 0.587. The average molecular weight is 446 g/mol. The molecule has 4 aromatic rings. The molecule has 9 heteroatoms. The van der Waals surface area contributed by atoms with Gasteiger partial charge in [-0.2, -0.15) is 0 Å². The molecule has 2 aromatic heterocycles. The Hall–Kier alpha value is -4.11. The van der Waals surface area contributed by atoms with Gasteiger partial charge in [0, 0.05) is 30.2 Å². The van der Waals surface area contributed by atoms with Crippen molar-refractivity contribution in [2.45, 2.75) is 13.2 Å². The number of anilines is 1. The number of nitrogens with zero attached hydrogens (tertiary/aromatic N) is 3. The van der Waals surface area contributed by atoms with Crippen LogP contribution in [0.4, 0.5) is 5.69 Å². The highest BCUT2D eigenvalue weighted by atomic mass is 32.1. The van der Waals surface area contributed by atoms with Crippen LogP contribution in [-0.4, -0.2) is 27.0 Å². The lowest BCUT2D eigenvalue weighted by atomic mass is 10.2. The van der Waals surface area contributed by atoms with Crippen molar-refractivity contribution in [1.29, 1.82) is 0 Å². The van der Waals surface area contributed by atoms with Crippen LogP contribution in [0.2, 0.25) is 0 Å². The van der Waals surface area contributed by atoms with Gasteiger partial charge in [0.2, 0.25) is 5.01 Å². The first kappa shape index (κ1) is 21.1. The zero-order valence-corrected chi connectivity index (χ0v) is 17.7. The summed E-state index contributed by atoms with van der Waals surface area (Å²) in [6.07, 6.45) is 3.37. The first-order chi connectivity index (χ1) is 15.7. The monoisotopic (exact) mass is 445 g/mol. The van der Waals surface area contributed by atoms with E-state index >= 15 is 0 Å². The van der Waals surface area contributed by atoms with Crippen LogP contribution in [0.15, 0.2) is 79.1 Å². The fourth-order valence-corrected chi connectivity index (χ4v) is 3.42. The maximum Gasteiger partial charge on any atom is 0.286 e. The number of amides is 2. The van der Waals surface area contributed by atoms with E-state index in [1.807, 2.05) is 42.5 Å². The molecule has 0 atom stereocenters. The van der Waals surface area contributed by atoms with E-state index < -0.39 is 5.91 Å². The fourth-order valence-electron chi connectivity index (χ4n) is 2.78. The second-order valence-electron chi connectivity index (χ2n) is 6.68. The van der Waals surface area contributed by atoms with Gasteiger partial charge >= 0.3 is 0 Å². The van der Waals surface area contributed by atoms with Gasteiger partial charge in [0.05, 0.1) is 0 Å². The van der Waals surface area contributed by atoms with Gasteiger partial charge in [-0.25, -0.2) is 0 Å². The molecule has 160 valence electrons. The molecule has 0 aliphatic carbocycles. The quantitative estimate of drug-likeness (QED) is 0.428. The standard InChI is InChI=1S/C23H19N5O3S/c29-21(25-14-16-6-5-11-24-13-16)17-7-4-8-18(12-17)26-22(30)23-28-27-20(32-23)15-31-19-9-2-1-3-10-19/h1-13H,14-15H2,(H,25,29)(H,26,30). The Labute approximate surface area is 188 Å². The molecule has 8 nitrogen and oxygen atoms in total. The number of benzene rings is 2. The van der Waals surface area contributed by atoms with Crippen LogP contribution in [0.3, 0.4) is 0 Å². The molecule has 0 saturated carbocycles. The van der Waals surface area contributed by atoms with Crippen molar-refractivity contribution in [1.82, 2.24) is 20.5 Å². The number of carbonyl (C=O) groups is 2. The highest BCUT2D eigenvalue weighted by Crippen LogP contribution is 2.17. The van der Waals surface area contributed by atoms with Gasteiger partial charge in [-0.1, -0.05) is 41.7 Å². The Balaban J connectivity index is 1.33. The zero-order chi connectivity index (χ0) is 22.2. The average Bonchev–Trinajstić information content (AvgIpc) is 3.32.